The number of carboxylic acids is 1. The van der Waals surface area contributed by atoms with Crippen molar-refractivity contribution < 1.29 is 33.1 Å². The van der Waals surface area contributed by atoms with E-state index < -0.39 is 30.4 Å². The maximum Gasteiger partial charge on any atom is 0.451 e. The van der Waals surface area contributed by atoms with Crippen LogP contribution in [0.5, 0.6) is 0 Å². The monoisotopic (exact) mass is 468 g/mol. The van der Waals surface area contributed by atoms with E-state index in [1.807, 2.05) is 4.90 Å². The molecular weight excluding hydrogens is 436 g/mol. The fraction of sp³-hybridized carbons (Fsp3) is 0.522. The van der Waals surface area contributed by atoms with Crippen LogP contribution in [0.15, 0.2) is 35.9 Å². The Labute approximate surface area is 192 Å². The maximum atomic E-state index is 13.3. The van der Waals surface area contributed by atoms with Crippen molar-refractivity contribution in [2.24, 2.45) is 11.7 Å². The van der Waals surface area contributed by atoms with Gasteiger partial charge in [0.05, 0.1) is 0 Å². The zero-order chi connectivity index (χ0) is 24.8. The second-order valence-electron chi connectivity index (χ2n) is 8.70. The van der Waals surface area contributed by atoms with Gasteiger partial charge in [-0.1, -0.05) is 43.7 Å². The average Bonchev–Trinajstić information content (AvgIpc) is 2.74. The van der Waals surface area contributed by atoms with E-state index >= 15 is 0 Å². The van der Waals surface area contributed by atoms with E-state index in [9.17, 15) is 23.1 Å². The fourth-order valence-electron chi connectivity index (χ4n) is 4.26. The molecule has 1 heterocycles. The third-order valence-corrected chi connectivity index (χ3v) is 6.36. The number of likely N-dealkylation sites (tertiary alicyclic amines) is 1. The zero-order valence-electron chi connectivity index (χ0n) is 18.8. The van der Waals surface area contributed by atoms with E-state index in [4.69, 9.17) is 15.8 Å². The number of allylic oxidation sites excluding steroid dienone is 1. The summed E-state index contributed by atoms with van der Waals surface area (Å²) in [6.07, 6.45) is -1.33. The number of piperidine rings is 1. The smallest absolute Gasteiger partial charge is 0.451 e. The molecule has 1 aliphatic rings. The van der Waals surface area contributed by atoms with Gasteiger partial charge in [-0.3, -0.25) is 4.79 Å². The van der Waals surface area contributed by atoms with Crippen LogP contribution in [0, 0.1) is 5.92 Å². The average molecular weight is 468 g/mol. The predicted molar refractivity (Wildman–Crippen MR) is 122 cm³/mol. The minimum Gasteiger partial charge on any atom is -0.480 e. The second-order valence-corrected chi connectivity index (χ2v) is 8.70. The van der Waals surface area contributed by atoms with Gasteiger partial charge in [0.25, 0.3) is 0 Å². The van der Waals surface area contributed by atoms with Crippen molar-refractivity contribution in [2.45, 2.75) is 57.1 Å². The summed E-state index contributed by atoms with van der Waals surface area (Å²) in [5.74, 6) is -1.47. The first-order valence-electron chi connectivity index (χ1n) is 11.0. The Hall–Kier alpha value is -2.30. The van der Waals surface area contributed by atoms with Crippen molar-refractivity contribution in [2.75, 3.05) is 13.1 Å². The molecule has 5 N–H and O–H groups in total. The summed E-state index contributed by atoms with van der Waals surface area (Å²) in [6, 6.07) is 6.97. The number of carbonyl (C=O) groups is 1. The number of nitrogens with two attached hydrogens (primary N) is 1. The van der Waals surface area contributed by atoms with Gasteiger partial charge in [0.1, 0.15) is 5.54 Å². The van der Waals surface area contributed by atoms with Crippen LogP contribution < -0.4 is 16.2 Å². The number of nitrogens with zero attached hydrogens (tertiary/aromatic N) is 1. The van der Waals surface area contributed by atoms with Crippen LogP contribution in [0.3, 0.4) is 0 Å². The highest BCUT2D eigenvalue weighted by Crippen LogP contribution is 2.33. The van der Waals surface area contributed by atoms with Gasteiger partial charge in [-0.05, 0) is 49.7 Å². The summed E-state index contributed by atoms with van der Waals surface area (Å²) in [4.78, 5) is 13.8. The quantitative estimate of drug-likeness (QED) is 0.326. The molecule has 182 valence electrons. The summed E-state index contributed by atoms with van der Waals surface area (Å²) in [5.41, 5.74) is 4.51. The van der Waals surface area contributed by atoms with Gasteiger partial charge in [0, 0.05) is 29.6 Å². The van der Waals surface area contributed by atoms with Gasteiger partial charge in [0.2, 0.25) is 0 Å². The van der Waals surface area contributed by atoms with Crippen molar-refractivity contribution in [1.82, 2.24) is 4.90 Å². The van der Waals surface area contributed by atoms with Crippen molar-refractivity contribution in [3.8, 4) is 0 Å². The molecule has 0 spiro atoms. The molecule has 1 aromatic rings. The number of hydrogen-bond donors (Lipinski definition) is 4. The third kappa shape index (κ3) is 7.09. The van der Waals surface area contributed by atoms with Gasteiger partial charge in [0.15, 0.2) is 0 Å². The zero-order valence-corrected chi connectivity index (χ0v) is 18.8. The molecule has 0 amide bonds. The first-order chi connectivity index (χ1) is 15.4. The number of aliphatic carboxylic acids is 1. The van der Waals surface area contributed by atoms with E-state index in [0.717, 1.165) is 13.0 Å². The summed E-state index contributed by atoms with van der Waals surface area (Å²) in [6.45, 7) is 5.69. The van der Waals surface area contributed by atoms with Crippen LogP contribution in [0.2, 0.25) is 6.32 Å². The van der Waals surface area contributed by atoms with E-state index in [1.54, 1.807) is 24.3 Å². The minimum atomic E-state index is -4.46. The SMILES string of the molecule is C=c1cccc/c1=C(/C=C(\C)C(F)(F)F)N1CCC(C(N)(CCCCB(O)O)C(=O)O)CC1. The van der Waals surface area contributed by atoms with Crippen LogP contribution in [0.4, 0.5) is 13.2 Å². The highest BCUT2D eigenvalue weighted by Gasteiger charge is 2.43. The number of benzene rings is 1. The van der Waals surface area contributed by atoms with E-state index in [2.05, 4.69) is 6.58 Å². The van der Waals surface area contributed by atoms with Crippen LogP contribution in [-0.2, 0) is 4.79 Å². The minimum absolute atomic E-state index is 0.141. The highest BCUT2D eigenvalue weighted by molar-refractivity contribution is 6.40. The van der Waals surface area contributed by atoms with Crippen molar-refractivity contribution in [3.05, 3.63) is 46.4 Å². The lowest BCUT2D eigenvalue weighted by Crippen LogP contribution is -2.57. The Morgan fingerprint density at radius 3 is 2.36 bits per heavy atom. The molecule has 0 aromatic heterocycles. The lowest BCUT2D eigenvalue weighted by Gasteiger charge is -2.41. The number of alkyl halides is 3. The van der Waals surface area contributed by atoms with Crippen molar-refractivity contribution in [3.63, 3.8) is 0 Å². The Bertz CT molecular complexity index is 959. The normalized spacial score (nSPS) is 18.6. The van der Waals surface area contributed by atoms with Crippen LogP contribution in [0.25, 0.3) is 12.3 Å². The van der Waals surface area contributed by atoms with Gasteiger partial charge in [-0.2, -0.15) is 13.2 Å². The number of rotatable bonds is 9. The molecule has 0 radical (unpaired) electrons. The van der Waals surface area contributed by atoms with Crippen LogP contribution in [0.1, 0.15) is 39.0 Å². The van der Waals surface area contributed by atoms with E-state index in [1.165, 1.54) is 0 Å². The summed E-state index contributed by atoms with van der Waals surface area (Å²) >= 11 is 0. The first-order valence-corrected chi connectivity index (χ1v) is 11.0. The molecule has 6 nitrogen and oxygen atoms in total. The van der Waals surface area contributed by atoms with Crippen molar-refractivity contribution in [1.29, 1.82) is 0 Å². The van der Waals surface area contributed by atoms with Gasteiger partial charge >= 0.3 is 19.3 Å². The van der Waals surface area contributed by atoms with Crippen molar-refractivity contribution >= 4 is 25.4 Å². The van der Waals surface area contributed by atoms with E-state index in [0.29, 0.717) is 54.9 Å². The number of carboxylic acid groups (broad SMARTS) is 1. The molecule has 0 saturated carbocycles. The largest absolute Gasteiger partial charge is 0.480 e. The number of unbranched alkanes of at least 4 members (excludes halogenated alkanes) is 1. The molecule has 1 aliphatic heterocycles. The summed E-state index contributed by atoms with van der Waals surface area (Å²) < 4.78 is 39.8. The second kappa shape index (κ2) is 11.2. The molecule has 1 unspecified atom stereocenters. The molecular formula is C23H32BF3N2O4. The number of halogens is 3. The Morgan fingerprint density at radius 1 is 1.24 bits per heavy atom. The fourth-order valence-corrected chi connectivity index (χ4v) is 4.26. The first kappa shape index (κ1) is 27.0. The topological polar surface area (TPSA) is 107 Å². The molecule has 0 bridgehead atoms. The molecule has 2 rings (SSSR count). The molecule has 1 atom stereocenters. The Balaban J connectivity index is 2.26. The van der Waals surface area contributed by atoms with Gasteiger partial charge < -0.3 is 25.8 Å². The molecule has 1 saturated heterocycles. The molecule has 10 heteroatoms. The maximum absolute atomic E-state index is 13.3. The molecule has 1 aromatic carbocycles. The Morgan fingerprint density at radius 2 is 1.85 bits per heavy atom. The number of hydrogen-bond acceptors (Lipinski definition) is 5. The lowest BCUT2D eigenvalue weighted by atomic mass is 9.74. The highest BCUT2D eigenvalue weighted by atomic mass is 19.4. The molecule has 1 fully saturated rings. The third-order valence-electron chi connectivity index (χ3n) is 6.36. The molecule has 0 aliphatic carbocycles. The lowest BCUT2D eigenvalue weighted by molar-refractivity contribution is -0.146. The predicted octanol–water partition coefficient (Wildman–Crippen LogP) is 1.85. The van der Waals surface area contributed by atoms with Crippen LogP contribution >= 0.6 is 0 Å². The summed E-state index contributed by atoms with van der Waals surface area (Å²) in [5, 5.41) is 28.9. The standard InChI is InChI=1S/C23H32BF3N2O4/c1-16-7-3-4-8-19(16)20(15-17(2)23(25,26)27)29-13-9-18(10-14-29)22(28,21(30)31)11-5-6-12-24(32)33/h3-4,7-8,15,18,32-33H,1,5-6,9-14,28H2,2H3,(H,30,31)/b17-15+,20-19+. The van der Waals surface area contributed by atoms with Gasteiger partial charge in [-0.15, -0.1) is 0 Å². The Kier molecular flexibility index (Phi) is 9.16. The van der Waals surface area contributed by atoms with E-state index in [-0.39, 0.29) is 18.7 Å². The van der Waals surface area contributed by atoms with Gasteiger partial charge in [-0.25, -0.2) is 0 Å². The molecule has 33 heavy (non-hydrogen) atoms. The summed E-state index contributed by atoms with van der Waals surface area (Å²) in [7, 11) is -1.44. The van der Waals surface area contributed by atoms with Crippen LogP contribution in [-0.4, -0.2) is 57.9 Å².